The normalized spacial score (nSPS) is 10.2. The van der Waals surface area contributed by atoms with Crippen molar-refractivity contribution < 1.29 is 9.53 Å². The first-order chi connectivity index (χ1) is 13.7. The Bertz CT molecular complexity index is 941. The number of carbonyl (C=O) groups excluding carboxylic acids is 1. The maximum absolute atomic E-state index is 11.8. The fourth-order valence-corrected chi connectivity index (χ4v) is 2.56. The van der Waals surface area contributed by atoms with Crippen molar-refractivity contribution in [1.29, 1.82) is 0 Å². The van der Waals surface area contributed by atoms with Gasteiger partial charge in [-0.05, 0) is 31.2 Å². The van der Waals surface area contributed by atoms with E-state index in [1.54, 1.807) is 25.1 Å². The van der Waals surface area contributed by atoms with Gasteiger partial charge in [-0.25, -0.2) is 9.78 Å². The first kappa shape index (κ1) is 19.1. The number of aromatic nitrogens is 2. The number of hydrogen-bond donors (Lipinski definition) is 2. The molecule has 2 N–H and O–H groups in total. The number of anilines is 3. The van der Waals surface area contributed by atoms with Gasteiger partial charge in [-0.1, -0.05) is 36.4 Å². The van der Waals surface area contributed by atoms with Crippen molar-refractivity contribution in [2.24, 2.45) is 0 Å². The average Bonchev–Trinajstić information content (AvgIpc) is 2.73. The van der Waals surface area contributed by atoms with Crippen LogP contribution in [0.5, 0.6) is 0 Å². The number of nitrogens with zero attached hydrogens (tertiary/aromatic N) is 2. The lowest BCUT2D eigenvalue weighted by Gasteiger charge is -2.11. The first-order valence-electron chi connectivity index (χ1n) is 9.03. The Morgan fingerprint density at radius 3 is 2.54 bits per heavy atom. The lowest BCUT2D eigenvalue weighted by molar-refractivity contribution is 0.0526. The van der Waals surface area contributed by atoms with Gasteiger partial charge >= 0.3 is 5.97 Å². The van der Waals surface area contributed by atoms with Crippen LogP contribution in [0.3, 0.4) is 0 Å². The zero-order chi connectivity index (χ0) is 19.8. The van der Waals surface area contributed by atoms with Crippen molar-refractivity contribution in [3.63, 3.8) is 0 Å². The first-order valence-corrected chi connectivity index (χ1v) is 9.03. The SMILES string of the molecule is C=CCNc1nc(Nc2ccc(C(=O)OCC)cc2)cc(-c2ccccc2)n1. The molecule has 142 valence electrons. The second kappa shape index (κ2) is 9.32. The van der Waals surface area contributed by atoms with Crippen LogP contribution in [-0.4, -0.2) is 29.1 Å². The number of carbonyl (C=O) groups is 1. The van der Waals surface area contributed by atoms with Crippen molar-refractivity contribution in [1.82, 2.24) is 9.97 Å². The summed E-state index contributed by atoms with van der Waals surface area (Å²) in [5.74, 6) is 0.814. The third kappa shape index (κ3) is 4.94. The van der Waals surface area contributed by atoms with E-state index in [0.717, 1.165) is 16.9 Å². The van der Waals surface area contributed by atoms with Gasteiger partial charge in [0.15, 0.2) is 0 Å². The highest BCUT2D eigenvalue weighted by Crippen LogP contribution is 2.24. The molecule has 28 heavy (non-hydrogen) atoms. The average molecular weight is 374 g/mol. The maximum atomic E-state index is 11.8. The Morgan fingerprint density at radius 2 is 1.86 bits per heavy atom. The number of rotatable bonds is 8. The number of hydrogen-bond acceptors (Lipinski definition) is 6. The molecule has 6 nitrogen and oxygen atoms in total. The Balaban J connectivity index is 1.86. The molecular formula is C22H22N4O2. The molecule has 0 saturated carbocycles. The largest absolute Gasteiger partial charge is 0.462 e. The molecule has 0 bridgehead atoms. The second-order valence-corrected chi connectivity index (χ2v) is 5.92. The lowest BCUT2D eigenvalue weighted by Crippen LogP contribution is -2.06. The quantitative estimate of drug-likeness (QED) is 0.441. The number of nitrogens with one attached hydrogen (secondary N) is 2. The second-order valence-electron chi connectivity index (χ2n) is 5.92. The molecule has 0 saturated heterocycles. The van der Waals surface area contributed by atoms with Gasteiger partial charge < -0.3 is 15.4 Å². The third-order valence-corrected chi connectivity index (χ3v) is 3.87. The van der Waals surface area contributed by atoms with Crippen LogP contribution in [0.1, 0.15) is 17.3 Å². The number of ether oxygens (including phenoxy) is 1. The van der Waals surface area contributed by atoms with Crippen LogP contribution in [-0.2, 0) is 4.74 Å². The molecule has 0 unspecified atom stereocenters. The van der Waals surface area contributed by atoms with Crippen LogP contribution in [0, 0.1) is 0 Å². The van der Waals surface area contributed by atoms with E-state index in [0.29, 0.717) is 30.5 Å². The molecule has 0 spiro atoms. The van der Waals surface area contributed by atoms with E-state index in [9.17, 15) is 4.79 Å². The molecule has 0 atom stereocenters. The van der Waals surface area contributed by atoms with Gasteiger partial charge in [0, 0.05) is 23.9 Å². The zero-order valence-corrected chi connectivity index (χ0v) is 15.7. The van der Waals surface area contributed by atoms with Gasteiger partial charge in [-0.3, -0.25) is 0 Å². The molecule has 6 heteroatoms. The smallest absolute Gasteiger partial charge is 0.338 e. The molecule has 0 radical (unpaired) electrons. The van der Waals surface area contributed by atoms with Crippen LogP contribution in [0.2, 0.25) is 0 Å². The molecule has 1 heterocycles. The summed E-state index contributed by atoms with van der Waals surface area (Å²) < 4.78 is 5.01. The summed E-state index contributed by atoms with van der Waals surface area (Å²) in [6, 6.07) is 18.8. The minimum absolute atomic E-state index is 0.335. The Hall–Kier alpha value is -3.67. The summed E-state index contributed by atoms with van der Waals surface area (Å²) >= 11 is 0. The van der Waals surface area contributed by atoms with Crippen molar-refractivity contribution in [3.8, 4) is 11.3 Å². The van der Waals surface area contributed by atoms with E-state index in [1.807, 2.05) is 48.5 Å². The van der Waals surface area contributed by atoms with E-state index in [4.69, 9.17) is 4.74 Å². The van der Waals surface area contributed by atoms with Gasteiger partial charge in [0.05, 0.1) is 17.9 Å². The molecule has 0 aliphatic heterocycles. The molecule has 0 amide bonds. The van der Waals surface area contributed by atoms with Crippen molar-refractivity contribution >= 4 is 23.4 Å². The van der Waals surface area contributed by atoms with E-state index in [2.05, 4.69) is 27.2 Å². The van der Waals surface area contributed by atoms with Crippen LogP contribution < -0.4 is 10.6 Å². The van der Waals surface area contributed by atoms with Crippen LogP contribution in [0.25, 0.3) is 11.3 Å². The van der Waals surface area contributed by atoms with Gasteiger partial charge in [0.1, 0.15) is 5.82 Å². The van der Waals surface area contributed by atoms with Gasteiger partial charge in [0.2, 0.25) is 5.95 Å². The molecule has 0 aliphatic rings. The third-order valence-electron chi connectivity index (χ3n) is 3.87. The minimum Gasteiger partial charge on any atom is -0.462 e. The maximum Gasteiger partial charge on any atom is 0.338 e. The summed E-state index contributed by atoms with van der Waals surface area (Å²) in [7, 11) is 0. The minimum atomic E-state index is -0.335. The molecular weight excluding hydrogens is 352 g/mol. The summed E-state index contributed by atoms with van der Waals surface area (Å²) in [6.07, 6.45) is 1.75. The van der Waals surface area contributed by atoms with Crippen molar-refractivity contribution in [2.45, 2.75) is 6.92 Å². The molecule has 1 aromatic heterocycles. The van der Waals surface area contributed by atoms with Gasteiger partial charge in [-0.15, -0.1) is 6.58 Å². The fourth-order valence-electron chi connectivity index (χ4n) is 2.56. The van der Waals surface area contributed by atoms with Crippen molar-refractivity contribution in [3.05, 3.63) is 78.9 Å². The Labute approximate surface area is 164 Å². The van der Waals surface area contributed by atoms with Gasteiger partial charge in [-0.2, -0.15) is 4.98 Å². The highest BCUT2D eigenvalue weighted by atomic mass is 16.5. The molecule has 2 aromatic carbocycles. The predicted octanol–water partition coefficient (Wildman–Crippen LogP) is 4.66. The van der Waals surface area contributed by atoms with Crippen LogP contribution >= 0.6 is 0 Å². The molecule has 0 fully saturated rings. The van der Waals surface area contributed by atoms with Gasteiger partial charge in [0.25, 0.3) is 0 Å². The Morgan fingerprint density at radius 1 is 1.11 bits per heavy atom. The number of esters is 1. The van der Waals surface area contributed by atoms with E-state index in [1.165, 1.54) is 0 Å². The lowest BCUT2D eigenvalue weighted by atomic mass is 10.1. The van der Waals surface area contributed by atoms with Crippen LogP contribution in [0.15, 0.2) is 73.3 Å². The summed E-state index contributed by atoms with van der Waals surface area (Å²) in [5.41, 5.74) is 3.11. The molecule has 0 aliphatic carbocycles. The summed E-state index contributed by atoms with van der Waals surface area (Å²) in [4.78, 5) is 20.9. The highest BCUT2D eigenvalue weighted by molar-refractivity contribution is 5.89. The standard InChI is InChI=1S/C22H22N4O2/c1-3-14-23-22-25-19(16-8-6-5-7-9-16)15-20(26-22)24-18-12-10-17(11-13-18)21(27)28-4-2/h3,5-13,15H,1,4,14H2,2H3,(H2,23,24,25,26). The fraction of sp³-hybridized carbons (Fsp3) is 0.136. The zero-order valence-electron chi connectivity index (χ0n) is 15.7. The van der Waals surface area contributed by atoms with E-state index in [-0.39, 0.29) is 5.97 Å². The van der Waals surface area contributed by atoms with Crippen LogP contribution in [0.4, 0.5) is 17.5 Å². The predicted molar refractivity (Wildman–Crippen MR) is 112 cm³/mol. The monoisotopic (exact) mass is 374 g/mol. The molecule has 3 rings (SSSR count). The van der Waals surface area contributed by atoms with E-state index >= 15 is 0 Å². The van der Waals surface area contributed by atoms with E-state index < -0.39 is 0 Å². The topological polar surface area (TPSA) is 76.1 Å². The Kier molecular flexibility index (Phi) is 6.36. The summed E-state index contributed by atoms with van der Waals surface area (Å²) in [6.45, 7) is 6.40. The number of benzene rings is 2. The highest BCUT2D eigenvalue weighted by Gasteiger charge is 2.09. The van der Waals surface area contributed by atoms with Crippen molar-refractivity contribution in [2.75, 3.05) is 23.8 Å². The summed E-state index contributed by atoms with van der Waals surface area (Å²) in [5, 5.41) is 6.39. The molecule has 3 aromatic rings.